The second-order valence-electron chi connectivity index (χ2n) is 2.31. The van der Waals surface area contributed by atoms with Crippen LogP contribution in [0.5, 0.6) is 0 Å². The Hall–Kier alpha value is -0.900. The van der Waals surface area contributed by atoms with Crippen LogP contribution in [0.2, 0.25) is 0 Å². The largest absolute Gasteiger partial charge is 0.399 e. The number of benzene rings is 1. The van der Waals surface area contributed by atoms with E-state index >= 15 is 0 Å². The van der Waals surface area contributed by atoms with Gasteiger partial charge >= 0.3 is 0 Å². The molecule has 12 heavy (non-hydrogen) atoms. The summed E-state index contributed by atoms with van der Waals surface area (Å²) >= 11 is 0. The summed E-state index contributed by atoms with van der Waals surface area (Å²) in [4.78, 5) is 0.590. The van der Waals surface area contributed by atoms with Crippen molar-refractivity contribution >= 4 is 16.5 Å². The van der Waals surface area contributed by atoms with E-state index in [9.17, 15) is 8.60 Å². The number of nitrogens with two attached hydrogens (primary N) is 1. The number of anilines is 1. The lowest BCUT2D eigenvalue weighted by atomic mass is 10.3. The number of nitrogen functional groups attached to an aromatic ring is 1. The molecule has 0 amide bonds. The van der Waals surface area contributed by atoms with Gasteiger partial charge in [-0.1, -0.05) is 6.07 Å². The van der Waals surface area contributed by atoms with E-state index in [4.69, 9.17) is 5.73 Å². The van der Waals surface area contributed by atoms with E-state index in [2.05, 4.69) is 0 Å². The van der Waals surface area contributed by atoms with Crippen LogP contribution in [-0.2, 0) is 10.8 Å². The third kappa shape index (κ3) is 2.30. The van der Waals surface area contributed by atoms with E-state index in [1.807, 2.05) is 0 Å². The van der Waals surface area contributed by atoms with Crippen LogP contribution >= 0.6 is 0 Å². The third-order valence-electron chi connectivity index (χ3n) is 1.38. The highest BCUT2D eigenvalue weighted by atomic mass is 32.2. The summed E-state index contributed by atoms with van der Waals surface area (Å²) in [7, 11) is -1.25. The van der Waals surface area contributed by atoms with Crippen LogP contribution in [0, 0.1) is 0 Å². The number of hydrogen-bond donors (Lipinski definition) is 1. The van der Waals surface area contributed by atoms with E-state index < -0.39 is 17.5 Å². The molecule has 0 heterocycles. The molecule has 66 valence electrons. The monoisotopic (exact) mass is 187 g/mol. The van der Waals surface area contributed by atoms with Gasteiger partial charge in [0.05, 0.1) is 16.6 Å². The van der Waals surface area contributed by atoms with Gasteiger partial charge in [-0.2, -0.15) is 0 Å². The number of alkyl halides is 1. The highest BCUT2D eigenvalue weighted by Crippen LogP contribution is 2.10. The fraction of sp³-hybridized carbons (Fsp3) is 0.250. The summed E-state index contributed by atoms with van der Waals surface area (Å²) in [6.07, 6.45) is 0. The Bertz CT molecular complexity index is 290. The molecule has 1 unspecified atom stereocenters. The zero-order chi connectivity index (χ0) is 8.97. The van der Waals surface area contributed by atoms with E-state index in [1.165, 1.54) is 0 Å². The number of hydrogen-bond acceptors (Lipinski definition) is 2. The number of halogens is 1. The molecule has 0 bridgehead atoms. The maximum atomic E-state index is 11.8. The second kappa shape index (κ2) is 4.21. The first-order chi connectivity index (χ1) is 5.74. The van der Waals surface area contributed by atoms with E-state index in [-0.39, 0.29) is 5.75 Å². The first kappa shape index (κ1) is 9.19. The zero-order valence-corrected chi connectivity index (χ0v) is 7.31. The Morgan fingerprint density at radius 2 is 2.25 bits per heavy atom. The van der Waals surface area contributed by atoms with Crippen molar-refractivity contribution < 1.29 is 8.60 Å². The Balaban J connectivity index is 2.81. The van der Waals surface area contributed by atoms with Crippen molar-refractivity contribution in [3.63, 3.8) is 0 Å². The Labute approximate surface area is 73.0 Å². The maximum Gasteiger partial charge on any atom is 0.101 e. The van der Waals surface area contributed by atoms with Gasteiger partial charge in [-0.25, -0.2) is 0 Å². The topological polar surface area (TPSA) is 43.1 Å². The van der Waals surface area contributed by atoms with Crippen LogP contribution in [-0.4, -0.2) is 16.6 Å². The van der Waals surface area contributed by atoms with Gasteiger partial charge in [-0.05, 0) is 18.2 Å². The molecule has 0 saturated carbocycles. The van der Waals surface area contributed by atoms with Crippen LogP contribution in [0.3, 0.4) is 0 Å². The predicted molar refractivity (Wildman–Crippen MR) is 48.1 cm³/mol. The summed E-state index contributed by atoms with van der Waals surface area (Å²) in [6.45, 7) is -0.568. The van der Waals surface area contributed by atoms with Gasteiger partial charge in [0.15, 0.2) is 0 Å². The molecule has 0 saturated heterocycles. The Morgan fingerprint density at radius 1 is 1.50 bits per heavy atom. The van der Waals surface area contributed by atoms with Crippen molar-refractivity contribution in [3.8, 4) is 0 Å². The van der Waals surface area contributed by atoms with Crippen LogP contribution in [0.25, 0.3) is 0 Å². The lowest BCUT2D eigenvalue weighted by molar-refractivity contribution is 0.528. The molecule has 0 radical (unpaired) electrons. The Kier molecular flexibility index (Phi) is 3.22. The minimum Gasteiger partial charge on any atom is -0.399 e. The minimum atomic E-state index is -1.25. The van der Waals surface area contributed by atoms with Crippen molar-refractivity contribution in [1.29, 1.82) is 0 Å². The summed E-state index contributed by atoms with van der Waals surface area (Å²) in [5.41, 5.74) is 6.02. The van der Waals surface area contributed by atoms with Gasteiger partial charge in [0.25, 0.3) is 0 Å². The second-order valence-corrected chi connectivity index (χ2v) is 3.88. The lowest BCUT2D eigenvalue weighted by Gasteiger charge is -1.99. The molecule has 0 fully saturated rings. The van der Waals surface area contributed by atoms with Gasteiger partial charge in [-0.3, -0.25) is 8.60 Å². The standard InChI is InChI=1S/C8H10FNOS/c9-4-5-12(11)8-3-1-2-7(10)6-8/h1-3,6H,4-5,10H2. The normalized spacial score (nSPS) is 12.8. The fourth-order valence-electron chi connectivity index (χ4n) is 0.844. The van der Waals surface area contributed by atoms with Crippen LogP contribution < -0.4 is 5.73 Å². The SMILES string of the molecule is Nc1cccc(S(=O)CCF)c1. The zero-order valence-electron chi connectivity index (χ0n) is 6.50. The fourth-order valence-corrected chi connectivity index (χ4v) is 1.72. The first-order valence-electron chi connectivity index (χ1n) is 3.54. The van der Waals surface area contributed by atoms with Gasteiger partial charge in [0, 0.05) is 10.6 Å². The molecule has 0 aliphatic rings. The van der Waals surface area contributed by atoms with Gasteiger partial charge < -0.3 is 5.73 Å². The molecule has 2 nitrogen and oxygen atoms in total. The number of rotatable bonds is 3. The highest BCUT2D eigenvalue weighted by molar-refractivity contribution is 7.85. The van der Waals surface area contributed by atoms with Crippen molar-refractivity contribution in [2.45, 2.75) is 4.90 Å². The van der Waals surface area contributed by atoms with E-state index in [0.717, 1.165) is 0 Å². The summed E-state index contributed by atoms with van der Waals surface area (Å²) < 4.78 is 23.0. The van der Waals surface area contributed by atoms with E-state index in [0.29, 0.717) is 10.6 Å². The molecular weight excluding hydrogens is 177 g/mol. The van der Waals surface area contributed by atoms with Crippen molar-refractivity contribution in [1.82, 2.24) is 0 Å². The summed E-state index contributed by atoms with van der Waals surface area (Å²) in [5.74, 6) is 0.0451. The average molecular weight is 187 g/mol. The highest BCUT2D eigenvalue weighted by Gasteiger charge is 2.02. The van der Waals surface area contributed by atoms with Gasteiger partial charge in [0.1, 0.15) is 6.67 Å². The summed E-state index contributed by atoms with van der Waals surface area (Å²) in [6, 6.07) is 6.70. The molecule has 1 rings (SSSR count). The molecule has 0 spiro atoms. The average Bonchev–Trinajstić information content (AvgIpc) is 2.05. The minimum absolute atomic E-state index is 0.0451. The smallest absolute Gasteiger partial charge is 0.101 e. The first-order valence-corrected chi connectivity index (χ1v) is 4.86. The predicted octanol–water partition coefficient (Wildman–Crippen LogP) is 1.35. The van der Waals surface area contributed by atoms with Gasteiger partial charge in [-0.15, -0.1) is 0 Å². The lowest BCUT2D eigenvalue weighted by Crippen LogP contribution is -2.00. The molecule has 0 aliphatic carbocycles. The van der Waals surface area contributed by atoms with E-state index in [1.54, 1.807) is 24.3 Å². The van der Waals surface area contributed by atoms with Crippen molar-refractivity contribution in [2.24, 2.45) is 0 Å². The molecule has 0 aromatic heterocycles. The molecule has 4 heteroatoms. The molecule has 2 N–H and O–H groups in total. The third-order valence-corrected chi connectivity index (χ3v) is 2.69. The quantitative estimate of drug-likeness (QED) is 0.726. The molecule has 1 atom stereocenters. The Morgan fingerprint density at radius 3 is 2.83 bits per heavy atom. The molecule has 0 aliphatic heterocycles. The van der Waals surface area contributed by atoms with Crippen LogP contribution in [0.4, 0.5) is 10.1 Å². The van der Waals surface area contributed by atoms with Crippen molar-refractivity contribution in [2.75, 3.05) is 18.2 Å². The van der Waals surface area contributed by atoms with Crippen LogP contribution in [0.15, 0.2) is 29.2 Å². The van der Waals surface area contributed by atoms with Crippen molar-refractivity contribution in [3.05, 3.63) is 24.3 Å². The van der Waals surface area contributed by atoms with Gasteiger partial charge in [0.2, 0.25) is 0 Å². The van der Waals surface area contributed by atoms with Crippen LogP contribution in [0.1, 0.15) is 0 Å². The maximum absolute atomic E-state index is 11.8. The molecule has 1 aromatic carbocycles. The molecule has 1 aromatic rings. The summed E-state index contributed by atoms with van der Waals surface area (Å²) in [5, 5.41) is 0. The molecular formula is C8H10FNOS.